The number of rotatable bonds is 1. The van der Waals surface area contributed by atoms with Crippen molar-refractivity contribution in [3.05, 3.63) is 65.7 Å². The van der Waals surface area contributed by atoms with E-state index in [1.807, 2.05) is 36.4 Å². The van der Waals surface area contributed by atoms with Crippen molar-refractivity contribution in [1.29, 1.82) is 0 Å². The molecule has 2 aromatic carbocycles. The summed E-state index contributed by atoms with van der Waals surface area (Å²) in [5, 5.41) is 0.124. The maximum atomic E-state index is 6.41. The van der Waals surface area contributed by atoms with Gasteiger partial charge < -0.3 is 4.74 Å². The normalized spacial score (nSPS) is 22.7. The molecular formula is C16H15ClO. The van der Waals surface area contributed by atoms with Crippen LogP contribution < -0.4 is 4.74 Å². The first-order valence-electron chi connectivity index (χ1n) is 6.26. The maximum absolute atomic E-state index is 6.41. The Morgan fingerprint density at radius 3 is 2.50 bits per heavy atom. The van der Waals surface area contributed by atoms with E-state index in [1.165, 1.54) is 11.1 Å². The van der Waals surface area contributed by atoms with Gasteiger partial charge in [0.25, 0.3) is 0 Å². The van der Waals surface area contributed by atoms with E-state index in [-0.39, 0.29) is 11.5 Å². The molecule has 0 aliphatic carbocycles. The van der Waals surface area contributed by atoms with Gasteiger partial charge in [-0.2, -0.15) is 0 Å². The number of para-hydroxylation sites is 1. The molecule has 0 spiro atoms. The Bertz CT molecular complexity index is 524. The van der Waals surface area contributed by atoms with Gasteiger partial charge in [-0.1, -0.05) is 48.5 Å². The molecule has 2 heteroatoms. The molecule has 0 amide bonds. The average molecular weight is 259 g/mol. The molecule has 18 heavy (non-hydrogen) atoms. The van der Waals surface area contributed by atoms with E-state index in [0.29, 0.717) is 0 Å². The van der Waals surface area contributed by atoms with Gasteiger partial charge in [-0.25, -0.2) is 0 Å². The quantitative estimate of drug-likeness (QED) is 0.691. The lowest BCUT2D eigenvalue weighted by atomic mass is 10.0. The highest BCUT2D eigenvalue weighted by Gasteiger charge is 2.24. The second-order valence-corrected chi connectivity index (χ2v) is 5.28. The van der Waals surface area contributed by atoms with Crippen molar-refractivity contribution in [2.45, 2.75) is 24.3 Å². The predicted octanol–water partition coefficient (Wildman–Crippen LogP) is 4.36. The minimum absolute atomic E-state index is 0.0531. The first-order chi connectivity index (χ1) is 8.83. The summed E-state index contributed by atoms with van der Waals surface area (Å²) >= 11 is 6.41. The van der Waals surface area contributed by atoms with Crippen molar-refractivity contribution in [2.24, 2.45) is 0 Å². The lowest BCUT2D eigenvalue weighted by Crippen LogP contribution is -2.11. The Morgan fingerprint density at radius 1 is 0.944 bits per heavy atom. The number of fused-ring (bicyclic) bond motifs is 1. The van der Waals surface area contributed by atoms with Crippen LogP contribution in [0.15, 0.2) is 54.6 Å². The monoisotopic (exact) mass is 258 g/mol. The molecule has 1 nitrogen and oxygen atoms in total. The molecule has 0 unspecified atom stereocenters. The molecule has 2 atom stereocenters. The van der Waals surface area contributed by atoms with Crippen molar-refractivity contribution in [1.82, 2.24) is 0 Å². The van der Waals surface area contributed by atoms with Gasteiger partial charge in [0.1, 0.15) is 11.9 Å². The third-order valence-electron chi connectivity index (χ3n) is 3.32. The summed E-state index contributed by atoms with van der Waals surface area (Å²) in [7, 11) is 0. The number of alkyl halides is 1. The van der Waals surface area contributed by atoms with Gasteiger partial charge in [0, 0.05) is 11.8 Å². The largest absolute Gasteiger partial charge is 0.485 e. The van der Waals surface area contributed by atoms with Gasteiger partial charge in [-0.15, -0.1) is 11.6 Å². The molecule has 1 heterocycles. The first-order valence-corrected chi connectivity index (χ1v) is 6.70. The summed E-state index contributed by atoms with van der Waals surface area (Å²) < 4.78 is 6.13. The van der Waals surface area contributed by atoms with Crippen LogP contribution in [0.5, 0.6) is 5.75 Å². The molecule has 0 aromatic heterocycles. The van der Waals surface area contributed by atoms with E-state index in [4.69, 9.17) is 16.3 Å². The van der Waals surface area contributed by atoms with Crippen LogP contribution in [0.4, 0.5) is 0 Å². The first kappa shape index (κ1) is 11.6. The van der Waals surface area contributed by atoms with Crippen LogP contribution in [0.2, 0.25) is 0 Å². The molecule has 0 radical (unpaired) electrons. The van der Waals surface area contributed by atoms with Crippen molar-refractivity contribution < 1.29 is 4.74 Å². The van der Waals surface area contributed by atoms with Crippen molar-refractivity contribution in [3.8, 4) is 5.75 Å². The van der Waals surface area contributed by atoms with Gasteiger partial charge in [0.15, 0.2) is 0 Å². The standard InChI is InChI=1S/C16H15ClO/c17-14-10-13-8-4-5-9-15(13)18-16(11-14)12-6-2-1-3-7-12/h1-9,14,16H,10-11H2/t14-,16-/m1/s1. The van der Waals surface area contributed by atoms with Crippen LogP contribution in [0.25, 0.3) is 0 Å². The number of hydrogen-bond donors (Lipinski definition) is 0. The van der Waals surface area contributed by atoms with Crippen LogP contribution in [0.3, 0.4) is 0 Å². The molecule has 1 aliphatic rings. The van der Waals surface area contributed by atoms with Crippen molar-refractivity contribution in [2.75, 3.05) is 0 Å². The topological polar surface area (TPSA) is 9.23 Å². The zero-order chi connectivity index (χ0) is 12.4. The van der Waals surface area contributed by atoms with Crippen molar-refractivity contribution in [3.63, 3.8) is 0 Å². The zero-order valence-electron chi connectivity index (χ0n) is 10.1. The fourth-order valence-corrected chi connectivity index (χ4v) is 2.74. The molecule has 2 aromatic rings. The van der Waals surface area contributed by atoms with Crippen LogP contribution in [0, 0.1) is 0 Å². The Hall–Kier alpha value is -1.47. The van der Waals surface area contributed by atoms with Gasteiger partial charge in [0.2, 0.25) is 0 Å². The lowest BCUT2D eigenvalue weighted by Gasteiger charge is -2.18. The molecule has 1 aliphatic heterocycles. The Kier molecular flexibility index (Phi) is 3.24. The van der Waals surface area contributed by atoms with Crippen LogP contribution >= 0.6 is 11.6 Å². The number of ether oxygens (including phenoxy) is 1. The van der Waals surface area contributed by atoms with Crippen LogP contribution in [0.1, 0.15) is 23.7 Å². The molecular weight excluding hydrogens is 244 g/mol. The molecule has 0 N–H and O–H groups in total. The number of halogens is 1. The third kappa shape index (κ3) is 2.37. The third-order valence-corrected chi connectivity index (χ3v) is 3.66. The summed E-state index contributed by atoms with van der Waals surface area (Å²) in [6.07, 6.45) is 1.78. The van der Waals surface area contributed by atoms with E-state index in [1.54, 1.807) is 0 Å². The Morgan fingerprint density at radius 2 is 1.67 bits per heavy atom. The van der Waals surface area contributed by atoms with E-state index >= 15 is 0 Å². The van der Waals surface area contributed by atoms with E-state index in [9.17, 15) is 0 Å². The summed E-state index contributed by atoms with van der Waals surface area (Å²) in [4.78, 5) is 0. The highest BCUT2D eigenvalue weighted by molar-refractivity contribution is 6.20. The summed E-state index contributed by atoms with van der Waals surface area (Å²) in [5.41, 5.74) is 2.40. The van der Waals surface area contributed by atoms with Crippen LogP contribution in [-0.2, 0) is 6.42 Å². The highest BCUT2D eigenvalue weighted by Crippen LogP contribution is 2.35. The number of benzene rings is 2. The zero-order valence-corrected chi connectivity index (χ0v) is 10.8. The minimum Gasteiger partial charge on any atom is -0.485 e. The van der Waals surface area contributed by atoms with Crippen molar-refractivity contribution >= 4 is 11.6 Å². The molecule has 0 saturated carbocycles. The molecule has 0 fully saturated rings. The second kappa shape index (κ2) is 5.03. The van der Waals surface area contributed by atoms with Gasteiger partial charge >= 0.3 is 0 Å². The Labute approximate surface area is 112 Å². The Balaban J connectivity index is 1.95. The summed E-state index contributed by atoms with van der Waals surface area (Å²) in [6.45, 7) is 0. The molecule has 0 saturated heterocycles. The van der Waals surface area contributed by atoms with E-state index in [2.05, 4.69) is 18.2 Å². The predicted molar refractivity (Wildman–Crippen MR) is 74.2 cm³/mol. The molecule has 92 valence electrons. The van der Waals surface area contributed by atoms with E-state index < -0.39 is 0 Å². The van der Waals surface area contributed by atoms with Gasteiger partial charge in [0.05, 0.1) is 0 Å². The SMILES string of the molecule is Cl[C@@H]1Cc2ccccc2O[C@@H](c2ccccc2)C1. The van der Waals surface area contributed by atoms with Gasteiger partial charge in [-0.05, 0) is 23.6 Å². The fourth-order valence-electron chi connectivity index (χ4n) is 2.41. The second-order valence-electron chi connectivity index (χ2n) is 4.66. The smallest absolute Gasteiger partial charge is 0.125 e. The number of hydrogen-bond acceptors (Lipinski definition) is 1. The summed E-state index contributed by atoms with van der Waals surface area (Å²) in [5.74, 6) is 0.967. The van der Waals surface area contributed by atoms with Gasteiger partial charge in [-0.3, -0.25) is 0 Å². The van der Waals surface area contributed by atoms with Crippen LogP contribution in [-0.4, -0.2) is 5.38 Å². The minimum atomic E-state index is 0.0531. The average Bonchev–Trinajstić information content (AvgIpc) is 2.57. The highest BCUT2D eigenvalue weighted by atomic mass is 35.5. The molecule has 0 bridgehead atoms. The maximum Gasteiger partial charge on any atom is 0.125 e. The lowest BCUT2D eigenvalue weighted by molar-refractivity contribution is 0.201. The summed E-state index contributed by atoms with van der Waals surface area (Å²) in [6, 6.07) is 18.5. The fraction of sp³-hybridized carbons (Fsp3) is 0.250. The molecule has 3 rings (SSSR count). The van der Waals surface area contributed by atoms with E-state index in [0.717, 1.165) is 18.6 Å².